The Labute approximate surface area is 150 Å². The Morgan fingerprint density at radius 3 is 2.92 bits per heavy atom. The maximum absolute atomic E-state index is 12.1. The number of nitrogens with zero attached hydrogens (tertiary/aromatic N) is 2. The molecule has 0 spiro atoms. The summed E-state index contributed by atoms with van der Waals surface area (Å²) in [6, 6.07) is 4.05. The zero-order chi connectivity index (χ0) is 18.0. The van der Waals surface area contributed by atoms with E-state index in [9.17, 15) is 19.7 Å². The average molecular weight is 380 g/mol. The van der Waals surface area contributed by atoms with Crippen LogP contribution in [0.4, 0.5) is 5.69 Å². The van der Waals surface area contributed by atoms with E-state index < -0.39 is 23.0 Å². The van der Waals surface area contributed by atoms with Gasteiger partial charge in [0.25, 0.3) is 5.69 Å². The Morgan fingerprint density at radius 2 is 2.32 bits per heavy atom. The summed E-state index contributed by atoms with van der Waals surface area (Å²) >= 11 is 2.54. The van der Waals surface area contributed by atoms with Crippen LogP contribution in [0.1, 0.15) is 22.5 Å². The summed E-state index contributed by atoms with van der Waals surface area (Å²) in [7, 11) is 0. The number of thiazole rings is 1. The van der Waals surface area contributed by atoms with Crippen molar-refractivity contribution in [2.45, 2.75) is 28.7 Å². The molecule has 0 bridgehead atoms. The largest absolute Gasteiger partial charge is 0.463 e. The van der Waals surface area contributed by atoms with Crippen molar-refractivity contribution >= 4 is 40.7 Å². The van der Waals surface area contributed by atoms with Crippen molar-refractivity contribution in [1.82, 2.24) is 4.98 Å². The van der Waals surface area contributed by atoms with Gasteiger partial charge in [-0.3, -0.25) is 10.1 Å². The summed E-state index contributed by atoms with van der Waals surface area (Å²) in [5, 5.41) is 13.2. The van der Waals surface area contributed by atoms with Crippen molar-refractivity contribution < 1.29 is 24.0 Å². The van der Waals surface area contributed by atoms with E-state index in [2.05, 4.69) is 4.98 Å². The second-order valence-electron chi connectivity index (χ2n) is 5.15. The van der Waals surface area contributed by atoms with Gasteiger partial charge in [-0.25, -0.2) is 14.6 Å². The summed E-state index contributed by atoms with van der Waals surface area (Å²) in [5.41, 5.74) is 0.617. The molecule has 130 valence electrons. The molecule has 1 fully saturated rings. The summed E-state index contributed by atoms with van der Waals surface area (Å²) in [4.78, 5) is 38.9. The molecular weight excluding hydrogens is 368 g/mol. The Hall–Kier alpha value is -2.46. The fraction of sp³-hybridized carbons (Fsp3) is 0.267. The van der Waals surface area contributed by atoms with Crippen LogP contribution >= 0.6 is 23.1 Å². The van der Waals surface area contributed by atoms with Gasteiger partial charge in [-0.2, -0.15) is 0 Å². The number of carbonyl (C=O) groups is 2. The Balaban J connectivity index is 1.82. The minimum atomic E-state index is -0.959. The molecule has 0 N–H and O–H groups in total. The number of carbonyl (C=O) groups excluding carboxylic acids is 2. The van der Waals surface area contributed by atoms with Crippen LogP contribution < -0.4 is 0 Å². The molecule has 0 unspecified atom stereocenters. The quantitative estimate of drug-likeness (QED) is 0.442. The van der Waals surface area contributed by atoms with Crippen LogP contribution in [0.3, 0.4) is 0 Å². The minimum Gasteiger partial charge on any atom is -0.463 e. The van der Waals surface area contributed by atoms with E-state index in [-0.39, 0.29) is 24.3 Å². The predicted molar refractivity (Wildman–Crippen MR) is 88.8 cm³/mol. The molecule has 1 atom stereocenters. The third kappa shape index (κ3) is 3.97. The highest BCUT2D eigenvalue weighted by atomic mass is 32.2. The number of hydrogen-bond donors (Lipinski definition) is 0. The molecule has 0 amide bonds. The Kier molecular flexibility index (Phi) is 5.00. The molecular formula is C15H12N2O6S2. The molecule has 1 aromatic carbocycles. The summed E-state index contributed by atoms with van der Waals surface area (Å²) in [5.74, 6) is -1.40. The van der Waals surface area contributed by atoms with Crippen molar-refractivity contribution in [3.63, 3.8) is 0 Å². The van der Waals surface area contributed by atoms with Crippen molar-refractivity contribution in [2.24, 2.45) is 0 Å². The monoisotopic (exact) mass is 380 g/mol. The van der Waals surface area contributed by atoms with Crippen LogP contribution in [0.2, 0.25) is 0 Å². The van der Waals surface area contributed by atoms with Crippen LogP contribution in [0, 0.1) is 17.0 Å². The van der Waals surface area contributed by atoms with E-state index in [1.54, 1.807) is 0 Å². The predicted octanol–water partition coefficient (Wildman–Crippen LogP) is 2.98. The summed E-state index contributed by atoms with van der Waals surface area (Å²) in [6.07, 6.45) is -0.678. The second kappa shape index (κ2) is 7.19. The SMILES string of the molecule is Cc1csc(Sc2ccc(C(=O)O[C@H]3CCOC3=O)cc2[N+](=O)[O-])n1. The van der Waals surface area contributed by atoms with Crippen molar-refractivity contribution in [3.8, 4) is 0 Å². The third-order valence-corrected chi connectivity index (χ3v) is 5.44. The van der Waals surface area contributed by atoms with Gasteiger partial charge in [-0.05, 0) is 19.1 Å². The number of esters is 2. The molecule has 0 aliphatic carbocycles. The number of ether oxygens (including phenoxy) is 2. The number of nitro groups is 1. The van der Waals surface area contributed by atoms with Gasteiger partial charge in [0, 0.05) is 23.6 Å². The molecule has 0 radical (unpaired) electrons. The first-order chi connectivity index (χ1) is 11.9. The maximum atomic E-state index is 12.1. The van der Waals surface area contributed by atoms with E-state index in [4.69, 9.17) is 9.47 Å². The number of benzene rings is 1. The first-order valence-corrected chi connectivity index (χ1v) is 8.89. The molecule has 1 aliphatic heterocycles. The highest BCUT2D eigenvalue weighted by molar-refractivity contribution is 8.01. The lowest BCUT2D eigenvalue weighted by atomic mass is 10.2. The molecule has 1 aromatic heterocycles. The van der Waals surface area contributed by atoms with Gasteiger partial charge < -0.3 is 9.47 Å². The molecule has 1 aliphatic rings. The molecule has 8 nitrogen and oxygen atoms in total. The van der Waals surface area contributed by atoms with Crippen LogP contribution in [-0.4, -0.2) is 34.6 Å². The van der Waals surface area contributed by atoms with Crippen LogP contribution in [0.5, 0.6) is 0 Å². The van der Waals surface area contributed by atoms with Gasteiger partial charge in [-0.1, -0.05) is 11.8 Å². The van der Waals surface area contributed by atoms with Gasteiger partial charge in [0.1, 0.15) is 0 Å². The van der Waals surface area contributed by atoms with Gasteiger partial charge in [0.2, 0.25) is 6.10 Å². The Bertz CT molecular complexity index is 850. The first-order valence-electron chi connectivity index (χ1n) is 7.20. The van der Waals surface area contributed by atoms with E-state index in [0.29, 0.717) is 9.24 Å². The number of hydrogen-bond acceptors (Lipinski definition) is 9. The number of rotatable bonds is 5. The molecule has 10 heteroatoms. The third-order valence-electron chi connectivity index (χ3n) is 3.32. The van der Waals surface area contributed by atoms with E-state index in [1.807, 2.05) is 12.3 Å². The normalized spacial score (nSPS) is 16.5. The highest BCUT2D eigenvalue weighted by Crippen LogP contribution is 2.37. The van der Waals surface area contributed by atoms with Crippen molar-refractivity contribution in [1.29, 1.82) is 0 Å². The van der Waals surface area contributed by atoms with Crippen molar-refractivity contribution in [3.05, 3.63) is 45.0 Å². The zero-order valence-corrected chi connectivity index (χ0v) is 14.6. The number of cyclic esters (lactones) is 1. The second-order valence-corrected chi connectivity index (χ2v) is 7.29. The zero-order valence-electron chi connectivity index (χ0n) is 13.0. The van der Waals surface area contributed by atoms with Crippen LogP contribution in [0.15, 0.2) is 32.8 Å². The standard InChI is InChI=1S/C15H12N2O6S2/c1-8-7-24-15(16-8)25-12-3-2-9(6-10(12)17(20)21)13(18)23-11-4-5-22-14(11)19/h2-3,6-7,11H,4-5H2,1H3/t11-/m0/s1. The topological polar surface area (TPSA) is 109 Å². The van der Waals surface area contributed by atoms with E-state index >= 15 is 0 Å². The van der Waals surface area contributed by atoms with Gasteiger partial charge in [0.15, 0.2) is 4.34 Å². The van der Waals surface area contributed by atoms with Gasteiger partial charge >= 0.3 is 11.9 Å². The van der Waals surface area contributed by atoms with Crippen LogP contribution in [-0.2, 0) is 14.3 Å². The highest BCUT2D eigenvalue weighted by Gasteiger charge is 2.31. The molecule has 2 heterocycles. The van der Waals surface area contributed by atoms with Crippen molar-refractivity contribution in [2.75, 3.05) is 6.61 Å². The lowest BCUT2D eigenvalue weighted by Gasteiger charge is -2.09. The molecule has 0 saturated carbocycles. The maximum Gasteiger partial charge on any atom is 0.347 e. The van der Waals surface area contributed by atoms with Gasteiger partial charge in [0.05, 0.1) is 22.0 Å². The number of nitro benzene ring substituents is 1. The van der Waals surface area contributed by atoms with E-state index in [0.717, 1.165) is 23.5 Å². The first kappa shape index (κ1) is 17.4. The van der Waals surface area contributed by atoms with Gasteiger partial charge in [-0.15, -0.1) is 11.3 Å². The Morgan fingerprint density at radius 1 is 1.52 bits per heavy atom. The fourth-order valence-corrected chi connectivity index (χ4v) is 4.01. The van der Waals surface area contributed by atoms with E-state index in [1.165, 1.54) is 23.5 Å². The number of aryl methyl sites for hydroxylation is 1. The lowest BCUT2D eigenvalue weighted by Crippen LogP contribution is -2.22. The average Bonchev–Trinajstić information content (AvgIpc) is 3.16. The summed E-state index contributed by atoms with van der Waals surface area (Å²) in [6.45, 7) is 2.03. The molecule has 2 aromatic rings. The smallest absolute Gasteiger partial charge is 0.347 e. The lowest BCUT2D eigenvalue weighted by molar-refractivity contribution is -0.387. The fourth-order valence-electron chi connectivity index (χ4n) is 2.13. The number of aromatic nitrogens is 1. The molecule has 3 rings (SSSR count). The molecule has 25 heavy (non-hydrogen) atoms. The molecule has 1 saturated heterocycles. The van der Waals surface area contributed by atoms with Crippen LogP contribution in [0.25, 0.3) is 0 Å². The minimum absolute atomic E-state index is 0.00562. The summed E-state index contributed by atoms with van der Waals surface area (Å²) < 4.78 is 10.4.